The summed E-state index contributed by atoms with van der Waals surface area (Å²) in [4.78, 5) is 14.9. The van der Waals surface area contributed by atoms with E-state index in [1.807, 2.05) is 20.2 Å². The Morgan fingerprint density at radius 2 is 1.96 bits per heavy atom. The fraction of sp³-hybridized carbons (Fsp3) is 0.375. The molecule has 0 fully saturated rings. The van der Waals surface area contributed by atoms with Gasteiger partial charge in [-0.05, 0) is 20.2 Å². The van der Waals surface area contributed by atoms with E-state index in [1.54, 1.807) is 30.2 Å². The number of nitrogens with zero attached hydrogens (tertiary/aromatic N) is 6. The number of hydrogen-bond acceptors (Lipinski definition) is 8. The minimum atomic E-state index is 0.246. The first-order chi connectivity index (χ1) is 12.1. The molecule has 0 radical (unpaired) electrons. The molecule has 3 heterocycles. The molecule has 0 aliphatic heterocycles. The minimum absolute atomic E-state index is 0.246. The molecule has 3 aromatic rings. The molecule has 0 aliphatic rings. The lowest BCUT2D eigenvalue weighted by Crippen LogP contribution is -2.21. The average molecular weight is 343 g/mol. The number of aromatic nitrogens is 5. The molecule has 9 nitrogen and oxygen atoms in total. The third-order valence-corrected chi connectivity index (χ3v) is 3.66. The smallest absolute Gasteiger partial charge is 0.319 e. The predicted molar refractivity (Wildman–Crippen MR) is 94.2 cm³/mol. The van der Waals surface area contributed by atoms with Crippen LogP contribution in [0.1, 0.15) is 0 Å². The molecule has 3 rings (SSSR count). The Morgan fingerprint density at radius 3 is 2.68 bits per heavy atom. The highest BCUT2D eigenvalue weighted by Gasteiger charge is 2.17. The van der Waals surface area contributed by atoms with E-state index >= 15 is 0 Å². The minimum Gasteiger partial charge on any atom is -0.480 e. The van der Waals surface area contributed by atoms with Gasteiger partial charge in [0.15, 0.2) is 5.65 Å². The van der Waals surface area contributed by atoms with E-state index in [-0.39, 0.29) is 6.01 Å². The summed E-state index contributed by atoms with van der Waals surface area (Å²) < 4.78 is 12.2. The SMILES string of the molecule is COc1ncc(-c2cnn3c(NCCN(C)C)ccnc23)c(OC)n1. The van der Waals surface area contributed by atoms with Gasteiger partial charge < -0.3 is 19.7 Å². The largest absolute Gasteiger partial charge is 0.480 e. The lowest BCUT2D eigenvalue weighted by atomic mass is 10.2. The Labute approximate surface area is 145 Å². The number of rotatable bonds is 7. The number of ether oxygens (including phenoxy) is 2. The first-order valence-electron chi connectivity index (χ1n) is 7.80. The Hall–Kier alpha value is -2.94. The van der Waals surface area contributed by atoms with Gasteiger partial charge in [0, 0.05) is 25.5 Å². The highest BCUT2D eigenvalue weighted by Crippen LogP contribution is 2.31. The van der Waals surface area contributed by atoms with Crippen LogP contribution in [-0.4, -0.2) is 70.9 Å². The van der Waals surface area contributed by atoms with Gasteiger partial charge in [-0.1, -0.05) is 0 Å². The van der Waals surface area contributed by atoms with Crippen molar-refractivity contribution in [2.45, 2.75) is 0 Å². The van der Waals surface area contributed by atoms with Gasteiger partial charge >= 0.3 is 6.01 Å². The van der Waals surface area contributed by atoms with Gasteiger partial charge in [0.05, 0.1) is 31.5 Å². The van der Waals surface area contributed by atoms with Crippen molar-refractivity contribution in [1.29, 1.82) is 0 Å². The van der Waals surface area contributed by atoms with Crippen molar-refractivity contribution in [2.75, 3.05) is 46.7 Å². The Kier molecular flexibility index (Phi) is 4.94. The summed E-state index contributed by atoms with van der Waals surface area (Å²) in [6.07, 6.45) is 5.12. The Bertz CT molecular complexity index is 863. The van der Waals surface area contributed by atoms with Crippen LogP contribution < -0.4 is 14.8 Å². The van der Waals surface area contributed by atoms with Gasteiger partial charge in [-0.2, -0.15) is 14.6 Å². The van der Waals surface area contributed by atoms with Crippen molar-refractivity contribution < 1.29 is 9.47 Å². The molecule has 0 unspecified atom stereocenters. The van der Waals surface area contributed by atoms with Crippen molar-refractivity contribution in [1.82, 2.24) is 29.5 Å². The van der Waals surface area contributed by atoms with Crippen LogP contribution in [0.2, 0.25) is 0 Å². The second-order valence-electron chi connectivity index (χ2n) is 5.63. The number of methoxy groups -OCH3 is 2. The molecular weight excluding hydrogens is 322 g/mol. The van der Waals surface area contributed by atoms with Crippen molar-refractivity contribution in [3.8, 4) is 23.0 Å². The van der Waals surface area contributed by atoms with Gasteiger partial charge in [0.25, 0.3) is 0 Å². The zero-order chi connectivity index (χ0) is 17.8. The molecule has 0 bridgehead atoms. The lowest BCUT2D eigenvalue weighted by Gasteiger charge is -2.12. The van der Waals surface area contributed by atoms with Gasteiger partial charge in [-0.15, -0.1) is 0 Å². The van der Waals surface area contributed by atoms with E-state index < -0.39 is 0 Å². The van der Waals surface area contributed by atoms with Crippen LogP contribution in [0.3, 0.4) is 0 Å². The van der Waals surface area contributed by atoms with E-state index in [9.17, 15) is 0 Å². The maximum atomic E-state index is 5.36. The third-order valence-electron chi connectivity index (χ3n) is 3.66. The zero-order valence-corrected chi connectivity index (χ0v) is 14.7. The summed E-state index contributed by atoms with van der Waals surface area (Å²) in [5.41, 5.74) is 2.19. The van der Waals surface area contributed by atoms with E-state index in [0.29, 0.717) is 17.1 Å². The van der Waals surface area contributed by atoms with Crippen molar-refractivity contribution in [3.05, 3.63) is 24.7 Å². The van der Waals surface area contributed by atoms with Crippen LogP contribution in [0.15, 0.2) is 24.7 Å². The predicted octanol–water partition coefficient (Wildman–Crippen LogP) is 1.18. The first kappa shape index (κ1) is 16.9. The standard InChI is InChI=1S/C16H21N7O2/c1-22(2)8-7-17-13-5-6-18-14-11(10-20-23(13)14)12-9-19-16(25-4)21-15(12)24-3/h5-6,9-10,17H,7-8H2,1-4H3. The lowest BCUT2D eigenvalue weighted by molar-refractivity contribution is 0.353. The van der Waals surface area contributed by atoms with Gasteiger partial charge in [-0.3, -0.25) is 0 Å². The van der Waals surface area contributed by atoms with E-state index in [4.69, 9.17) is 9.47 Å². The molecule has 0 atom stereocenters. The number of anilines is 1. The third kappa shape index (κ3) is 3.45. The van der Waals surface area contributed by atoms with Crippen LogP contribution in [0.5, 0.6) is 11.9 Å². The van der Waals surface area contributed by atoms with Crippen LogP contribution in [0.4, 0.5) is 5.82 Å². The summed E-state index contributed by atoms with van der Waals surface area (Å²) >= 11 is 0. The Morgan fingerprint density at radius 1 is 1.12 bits per heavy atom. The molecule has 0 saturated carbocycles. The molecule has 132 valence electrons. The van der Waals surface area contributed by atoms with Crippen LogP contribution in [0.25, 0.3) is 16.8 Å². The summed E-state index contributed by atoms with van der Waals surface area (Å²) in [5, 5.41) is 7.81. The highest BCUT2D eigenvalue weighted by molar-refractivity contribution is 5.80. The maximum Gasteiger partial charge on any atom is 0.319 e. The quantitative estimate of drug-likeness (QED) is 0.684. The monoisotopic (exact) mass is 343 g/mol. The molecule has 3 aromatic heterocycles. The topological polar surface area (TPSA) is 89.7 Å². The van der Waals surface area contributed by atoms with Gasteiger partial charge in [0.1, 0.15) is 5.82 Å². The molecule has 25 heavy (non-hydrogen) atoms. The van der Waals surface area contributed by atoms with Crippen LogP contribution in [-0.2, 0) is 0 Å². The molecule has 1 N–H and O–H groups in total. The molecule has 0 saturated heterocycles. The second kappa shape index (κ2) is 7.31. The van der Waals surface area contributed by atoms with Crippen molar-refractivity contribution >= 4 is 11.5 Å². The number of nitrogens with one attached hydrogen (secondary N) is 1. The Balaban J connectivity index is 1.99. The fourth-order valence-electron chi connectivity index (χ4n) is 2.41. The van der Waals surface area contributed by atoms with Crippen molar-refractivity contribution in [3.63, 3.8) is 0 Å². The number of fused-ring (bicyclic) bond motifs is 1. The van der Waals surface area contributed by atoms with Crippen LogP contribution in [0, 0.1) is 0 Å². The molecule has 9 heteroatoms. The van der Waals surface area contributed by atoms with E-state index in [1.165, 1.54) is 7.11 Å². The number of likely N-dealkylation sites (N-methyl/N-ethyl adjacent to an activating group) is 1. The molecule has 0 amide bonds. The molecule has 0 spiro atoms. The first-order valence-corrected chi connectivity index (χ1v) is 7.80. The van der Waals surface area contributed by atoms with E-state index in [0.717, 1.165) is 24.5 Å². The fourth-order valence-corrected chi connectivity index (χ4v) is 2.41. The maximum absolute atomic E-state index is 5.36. The summed E-state index contributed by atoms with van der Waals surface area (Å²) in [7, 11) is 7.13. The molecule has 0 aliphatic carbocycles. The number of hydrogen-bond donors (Lipinski definition) is 1. The molecular formula is C16H21N7O2. The summed E-state index contributed by atoms with van der Waals surface area (Å²) in [6.45, 7) is 1.72. The normalized spacial score (nSPS) is 11.1. The second-order valence-corrected chi connectivity index (χ2v) is 5.63. The average Bonchev–Trinajstić information content (AvgIpc) is 3.05. The molecule has 0 aromatic carbocycles. The highest BCUT2D eigenvalue weighted by atomic mass is 16.5. The summed E-state index contributed by atoms with van der Waals surface area (Å²) in [5.74, 6) is 1.28. The van der Waals surface area contributed by atoms with Gasteiger partial charge in [0.2, 0.25) is 5.88 Å². The van der Waals surface area contributed by atoms with Crippen LogP contribution >= 0.6 is 0 Å². The summed E-state index contributed by atoms with van der Waals surface area (Å²) in [6, 6.07) is 2.14. The zero-order valence-electron chi connectivity index (χ0n) is 14.7. The van der Waals surface area contributed by atoms with Gasteiger partial charge in [-0.25, -0.2) is 9.97 Å². The van der Waals surface area contributed by atoms with E-state index in [2.05, 4.69) is 30.3 Å². The van der Waals surface area contributed by atoms with Crippen molar-refractivity contribution in [2.24, 2.45) is 0 Å².